The number of hydrogen-bond donors (Lipinski definition) is 1. The Bertz CT molecular complexity index is 123. The van der Waals surface area contributed by atoms with Gasteiger partial charge in [0, 0.05) is 5.54 Å². The molecule has 0 bridgehead atoms. The minimum absolute atomic E-state index is 0.422. The van der Waals surface area contributed by atoms with E-state index in [1.807, 2.05) is 0 Å². The van der Waals surface area contributed by atoms with Gasteiger partial charge >= 0.3 is 0 Å². The van der Waals surface area contributed by atoms with Crippen LogP contribution in [0.25, 0.3) is 0 Å². The molecule has 1 heteroatoms. The molecule has 1 heterocycles. The number of hydrogen-bond acceptors (Lipinski definition) is 1. The van der Waals surface area contributed by atoms with E-state index < -0.39 is 0 Å². The van der Waals surface area contributed by atoms with Gasteiger partial charge in [-0.2, -0.15) is 0 Å². The Hall–Kier alpha value is -0.0400. The monoisotopic (exact) mass is 169 g/mol. The van der Waals surface area contributed by atoms with Crippen LogP contribution < -0.4 is 5.32 Å². The Morgan fingerprint density at radius 3 is 2.75 bits per heavy atom. The van der Waals surface area contributed by atoms with Crippen LogP contribution in [0.2, 0.25) is 0 Å². The second kappa shape index (κ2) is 4.27. The molecule has 2 atom stereocenters. The number of nitrogens with one attached hydrogen (secondary N) is 1. The lowest BCUT2D eigenvalue weighted by Gasteiger charge is -2.35. The highest BCUT2D eigenvalue weighted by Gasteiger charge is 2.29. The van der Waals surface area contributed by atoms with Crippen LogP contribution in [0.15, 0.2) is 0 Å². The zero-order chi connectivity index (χ0) is 9.03. The van der Waals surface area contributed by atoms with Crippen molar-refractivity contribution < 1.29 is 0 Å². The lowest BCUT2D eigenvalue weighted by Crippen LogP contribution is -2.46. The van der Waals surface area contributed by atoms with Gasteiger partial charge < -0.3 is 5.32 Å². The van der Waals surface area contributed by atoms with Gasteiger partial charge in [-0.1, -0.05) is 33.1 Å². The highest BCUT2D eigenvalue weighted by atomic mass is 15.0. The molecule has 1 N–H and O–H groups in total. The van der Waals surface area contributed by atoms with Crippen LogP contribution in [0.4, 0.5) is 0 Å². The molecule has 0 saturated carbocycles. The molecule has 2 unspecified atom stereocenters. The molecule has 1 saturated heterocycles. The Morgan fingerprint density at radius 2 is 2.08 bits per heavy atom. The summed E-state index contributed by atoms with van der Waals surface area (Å²) in [4.78, 5) is 0. The van der Waals surface area contributed by atoms with E-state index in [2.05, 4.69) is 26.1 Å². The fourth-order valence-electron chi connectivity index (χ4n) is 2.13. The van der Waals surface area contributed by atoms with Crippen molar-refractivity contribution >= 4 is 0 Å². The SMILES string of the molecule is CCC(C)C1(C)CCCCCN1. The third kappa shape index (κ3) is 2.22. The van der Waals surface area contributed by atoms with Gasteiger partial charge in [-0.3, -0.25) is 0 Å². The van der Waals surface area contributed by atoms with Crippen molar-refractivity contribution in [2.24, 2.45) is 5.92 Å². The maximum absolute atomic E-state index is 3.71. The van der Waals surface area contributed by atoms with E-state index in [0.29, 0.717) is 5.54 Å². The van der Waals surface area contributed by atoms with E-state index in [0.717, 1.165) is 5.92 Å². The van der Waals surface area contributed by atoms with Gasteiger partial charge in [-0.05, 0) is 32.2 Å². The molecule has 0 spiro atoms. The van der Waals surface area contributed by atoms with Gasteiger partial charge in [0.1, 0.15) is 0 Å². The minimum atomic E-state index is 0.422. The summed E-state index contributed by atoms with van der Waals surface area (Å²) in [5.74, 6) is 0.815. The molecule has 1 rings (SSSR count). The molecule has 72 valence electrons. The Kier molecular flexibility index (Phi) is 3.57. The summed E-state index contributed by atoms with van der Waals surface area (Å²) < 4.78 is 0. The molecule has 0 radical (unpaired) electrons. The molecule has 0 aromatic heterocycles. The van der Waals surface area contributed by atoms with E-state index in [1.165, 1.54) is 38.6 Å². The first-order valence-electron chi connectivity index (χ1n) is 5.44. The predicted molar refractivity (Wildman–Crippen MR) is 54.3 cm³/mol. The molecular weight excluding hydrogens is 146 g/mol. The fourth-order valence-corrected chi connectivity index (χ4v) is 2.13. The standard InChI is InChI=1S/C11H23N/c1-4-10(2)11(3)8-6-5-7-9-12-11/h10,12H,4-9H2,1-3H3. The van der Waals surface area contributed by atoms with Gasteiger partial charge in [0.25, 0.3) is 0 Å². The van der Waals surface area contributed by atoms with Crippen LogP contribution in [0.5, 0.6) is 0 Å². The van der Waals surface area contributed by atoms with Crippen molar-refractivity contribution in [2.45, 2.75) is 58.4 Å². The first-order valence-corrected chi connectivity index (χ1v) is 5.44. The molecule has 0 aromatic rings. The first-order chi connectivity index (χ1) is 5.69. The number of rotatable bonds is 2. The highest BCUT2D eigenvalue weighted by Crippen LogP contribution is 2.28. The van der Waals surface area contributed by atoms with Gasteiger partial charge in [0.05, 0.1) is 0 Å². The van der Waals surface area contributed by atoms with E-state index in [4.69, 9.17) is 0 Å². The summed E-state index contributed by atoms with van der Waals surface area (Å²) in [6.45, 7) is 8.29. The van der Waals surface area contributed by atoms with E-state index >= 15 is 0 Å². The average molecular weight is 169 g/mol. The minimum Gasteiger partial charge on any atom is -0.311 e. The van der Waals surface area contributed by atoms with Gasteiger partial charge in [0.15, 0.2) is 0 Å². The summed E-state index contributed by atoms with van der Waals surface area (Å²) in [5.41, 5.74) is 0.422. The molecule has 1 aliphatic rings. The normalized spacial score (nSPS) is 34.2. The first kappa shape index (κ1) is 10.0. The maximum atomic E-state index is 3.71. The van der Waals surface area contributed by atoms with Crippen molar-refractivity contribution in [3.8, 4) is 0 Å². The van der Waals surface area contributed by atoms with Crippen LogP contribution in [-0.2, 0) is 0 Å². The van der Waals surface area contributed by atoms with Crippen LogP contribution >= 0.6 is 0 Å². The second-order valence-electron chi connectivity index (χ2n) is 4.46. The van der Waals surface area contributed by atoms with E-state index in [9.17, 15) is 0 Å². The fraction of sp³-hybridized carbons (Fsp3) is 1.00. The van der Waals surface area contributed by atoms with Gasteiger partial charge in [-0.25, -0.2) is 0 Å². The lowest BCUT2D eigenvalue weighted by atomic mass is 9.82. The summed E-state index contributed by atoms with van der Waals surface area (Å²) in [6, 6.07) is 0. The quantitative estimate of drug-likeness (QED) is 0.670. The Labute approximate surface area is 76.9 Å². The largest absolute Gasteiger partial charge is 0.311 e. The topological polar surface area (TPSA) is 12.0 Å². The van der Waals surface area contributed by atoms with E-state index in [1.54, 1.807) is 0 Å². The van der Waals surface area contributed by atoms with Crippen LogP contribution in [0, 0.1) is 5.92 Å². The molecule has 12 heavy (non-hydrogen) atoms. The third-order valence-corrected chi connectivity index (χ3v) is 3.60. The zero-order valence-electron chi connectivity index (χ0n) is 8.82. The van der Waals surface area contributed by atoms with Crippen molar-refractivity contribution in [3.05, 3.63) is 0 Å². The molecular formula is C11H23N. The Balaban J connectivity index is 2.53. The van der Waals surface area contributed by atoms with Gasteiger partial charge in [-0.15, -0.1) is 0 Å². The third-order valence-electron chi connectivity index (χ3n) is 3.60. The summed E-state index contributed by atoms with van der Waals surface area (Å²) >= 11 is 0. The van der Waals surface area contributed by atoms with Gasteiger partial charge in [0.2, 0.25) is 0 Å². The van der Waals surface area contributed by atoms with Crippen molar-refractivity contribution in [3.63, 3.8) is 0 Å². The lowest BCUT2D eigenvalue weighted by molar-refractivity contribution is 0.232. The predicted octanol–water partition coefficient (Wildman–Crippen LogP) is 2.95. The average Bonchev–Trinajstić information content (AvgIpc) is 2.29. The Morgan fingerprint density at radius 1 is 1.33 bits per heavy atom. The summed E-state index contributed by atoms with van der Waals surface area (Å²) in [7, 11) is 0. The molecule has 1 aliphatic heterocycles. The van der Waals surface area contributed by atoms with Crippen molar-refractivity contribution in [1.82, 2.24) is 5.32 Å². The zero-order valence-corrected chi connectivity index (χ0v) is 8.82. The molecule has 0 aliphatic carbocycles. The molecule has 1 nitrogen and oxygen atoms in total. The molecule has 0 aromatic carbocycles. The summed E-state index contributed by atoms with van der Waals surface area (Å²) in [5, 5.41) is 3.71. The molecule has 1 fully saturated rings. The van der Waals surface area contributed by atoms with Crippen LogP contribution in [0.3, 0.4) is 0 Å². The highest BCUT2D eigenvalue weighted by molar-refractivity contribution is 4.89. The van der Waals surface area contributed by atoms with Crippen molar-refractivity contribution in [1.29, 1.82) is 0 Å². The van der Waals surface area contributed by atoms with Crippen LogP contribution in [0.1, 0.15) is 52.9 Å². The van der Waals surface area contributed by atoms with Crippen molar-refractivity contribution in [2.75, 3.05) is 6.54 Å². The smallest absolute Gasteiger partial charge is 0.0178 e. The van der Waals surface area contributed by atoms with Crippen LogP contribution in [-0.4, -0.2) is 12.1 Å². The summed E-state index contributed by atoms with van der Waals surface area (Å²) in [6.07, 6.45) is 6.85. The second-order valence-corrected chi connectivity index (χ2v) is 4.46. The van der Waals surface area contributed by atoms with E-state index in [-0.39, 0.29) is 0 Å². The molecule has 0 amide bonds. The maximum Gasteiger partial charge on any atom is 0.0178 e.